The number of carbonyl (C=O) groups is 2. The summed E-state index contributed by atoms with van der Waals surface area (Å²) in [6.45, 7) is 4.50. The van der Waals surface area contributed by atoms with Gasteiger partial charge in [-0.2, -0.15) is 0 Å². The third-order valence-corrected chi connectivity index (χ3v) is 9.10. The van der Waals surface area contributed by atoms with E-state index in [0.717, 1.165) is 43.2 Å². The third-order valence-electron chi connectivity index (χ3n) is 9.10. The van der Waals surface area contributed by atoms with E-state index in [0.29, 0.717) is 36.5 Å². The van der Waals surface area contributed by atoms with Crippen molar-refractivity contribution >= 4 is 11.7 Å². The molecular weight excluding hydrogens is 441 g/mol. The van der Waals surface area contributed by atoms with E-state index in [2.05, 4.69) is 10.3 Å². The first kappa shape index (κ1) is 24.1. The molecule has 186 valence electrons. The number of pyridine rings is 1. The van der Waals surface area contributed by atoms with Gasteiger partial charge in [0.05, 0.1) is 6.04 Å². The van der Waals surface area contributed by atoms with E-state index in [-0.39, 0.29) is 28.5 Å². The molecule has 6 rings (SSSR count). The van der Waals surface area contributed by atoms with Crippen molar-refractivity contribution in [3.05, 3.63) is 65.7 Å². The molecule has 0 radical (unpaired) electrons. The molecule has 1 aromatic heterocycles. The number of carbonyl (C=O) groups excluding carboxylic acids is 2. The molecule has 1 aromatic carbocycles. The minimum atomic E-state index is -0.568. The van der Waals surface area contributed by atoms with Gasteiger partial charge < -0.3 is 11.1 Å². The molecule has 4 aliphatic rings. The van der Waals surface area contributed by atoms with Crippen LogP contribution in [0.3, 0.4) is 0 Å². The van der Waals surface area contributed by atoms with Gasteiger partial charge in [0, 0.05) is 36.2 Å². The first-order chi connectivity index (χ1) is 16.7. The smallest absolute Gasteiger partial charge is 0.237 e. The molecule has 35 heavy (non-hydrogen) atoms. The molecule has 4 aliphatic carbocycles. The number of nitrogens with zero attached hydrogens (tertiary/aromatic N) is 1. The normalized spacial score (nSPS) is 30.2. The number of rotatable bonds is 8. The summed E-state index contributed by atoms with van der Waals surface area (Å²) in [5.41, 5.74) is 8.02. The lowest BCUT2D eigenvalue weighted by molar-refractivity contribution is -0.153. The van der Waals surface area contributed by atoms with Crippen LogP contribution in [-0.4, -0.2) is 29.3 Å². The first-order valence-corrected chi connectivity index (χ1v) is 12.9. The zero-order valence-corrected chi connectivity index (χ0v) is 20.7. The Morgan fingerprint density at radius 3 is 2.34 bits per heavy atom. The average Bonchev–Trinajstić information content (AvgIpc) is 2.82. The second-order valence-corrected chi connectivity index (χ2v) is 11.9. The number of ketones is 1. The maximum Gasteiger partial charge on any atom is 0.237 e. The van der Waals surface area contributed by atoms with Gasteiger partial charge >= 0.3 is 0 Å². The van der Waals surface area contributed by atoms with Crippen molar-refractivity contribution in [3.8, 4) is 0 Å². The fourth-order valence-corrected chi connectivity index (χ4v) is 7.47. The van der Waals surface area contributed by atoms with E-state index in [9.17, 15) is 14.0 Å². The van der Waals surface area contributed by atoms with Crippen molar-refractivity contribution in [3.63, 3.8) is 0 Å². The minimum absolute atomic E-state index is 0.116. The molecular formula is C29H36FN3O2. The van der Waals surface area contributed by atoms with Crippen LogP contribution in [0.15, 0.2) is 48.8 Å². The molecule has 3 atom stereocenters. The summed E-state index contributed by atoms with van der Waals surface area (Å²) >= 11 is 0. The Kier molecular flexibility index (Phi) is 6.28. The molecule has 6 heteroatoms. The van der Waals surface area contributed by atoms with E-state index < -0.39 is 6.04 Å². The van der Waals surface area contributed by atoms with Crippen molar-refractivity contribution in [2.75, 3.05) is 6.54 Å². The molecule has 1 amide bonds. The summed E-state index contributed by atoms with van der Waals surface area (Å²) in [4.78, 5) is 30.7. The van der Waals surface area contributed by atoms with Crippen molar-refractivity contribution in [1.82, 2.24) is 10.3 Å². The fraction of sp³-hybridized carbons (Fsp3) is 0.552. The van der Waals surface area contributed by atoms with E-state index in [4.69, 9.17) is 5.73 Å². The standard InChI is InChI=1S/C29H36FN3O2/c1-28(2,22-3-5-23(30)6-4-22)17-33-27(35)26(31)25-20-11-19-12-21(25)16-29(14-19,15-20)24(34)13-18-7-9-32-10-8-18/h3-10,19-21,25-26H,11-17,31H2,1-2H3,(H,33,35). The van der Waals surface area contributed by atoms with E-state index in [1.165, 1.54) is 12.1 Å². The van der Waals surface area contributed by atoms with Gasteiger partial charge in [0.2, 0.25) is 5.91 Å². The Balaban J connectivity index is 1.24. The number of amides is 1. The molecule has 4 saturated carbocycles. The molecule has 3 unspecified atom stereocenters. The predicted molar refractivity (Wildman–Crippen MR) is 133 cm³/mol. The Labute approximate surface area is 207 Å². The van der Waals surface area contributed by atoms with Gasteiger partial charge in [-0.25, -0.2) is 4.39 Å². The Morgan fingerprint density at radius 2 is 1.71 bits per heavy atom. The van der Waals surface area contributed by atoms with Gasteiger partial charge in [-0.15, -0.1) is 0 Å². The highest BCUT2D eigenvalue weighted by Crippen LogP contribution is 2.63. The number of nitrogens with two attached hydrogens (primary N) is 1. The molecule has 0 spiro atoms. The summed E-state index contributed by atoms with van der Waals surface area (Å²) in [5.74, 6) is 1.31. The average molecular weight is 478 g/mol. The Morgan fingerprint density at radius 1 is 1.09 bits per heavy atom. The van der Waals surface area contributed by atoms with Crippen molar-refractivity contribution < 1.29 is 14.0 Å². The van der Waals surface area contributed by atoms with Crippen LogP contribution in [-0.2, 0) is 21.4 Å². The van der Waals surface area contributed by atoms with Crippen LogP contribution in [0.5, 0.6) is 0 Å². The predicted octanol–water partition coefficient (Wildman–Crippen LogP) is 4.20. The highest BCUT2D eigenvalue weighted by atomic mass is 19.1. The zero-order chi connectivity index (χ0) is 24.8. The van der Waals surface area contributed by atoms with Crippen LogP contribution < -0.4 is 11.1 Å². The zero-order valence-electron chi connectivity index (χ0n) is 20.7. The number of halogens is 1. The number of hydrogen-bond acceptors (Lipinski definition) is 4. The van der Waals surface area contributed by atoms with E-state index in [1.54, 1.807) is 24.5 Å². The quantitative estimate of drug-likeness (QED) is 0.597. The number of aromatic nitrogens is 1. The van der Waals surface area contributed by atoms with Crippen LogP contribution in [0, 0.1) is 34.9 Å². The van der Waals surface area contributed by atoms with Gasteiger partial charge in [-0.05, 0) is 91.2 Å². The number of hydrogen-bond donors (Lipinski definition) is 2. The van der Waals surface area contributed by atoms with E-state index in [1.807, 2.05) is 26.0 Å². The number of benzene rings is 1. The molecule has 0 saturated heterocycles. The molecule has 3 N–H and O–H groups in total. The third kappa shape index (κ3) is 4.65. The molecule has 5 nitrogen and oxygen atoms in total. The summed E-state index contributed by atoms with van der Waals surface area (Å²) in [5, 5.41) is 3.08. The van der Waals surface area contributed by atoms with Gasteiger partial charge in [0.25, 0.3) is 0 Å². The number of nitrogens with one attached hydrogen (secondary N) is 1. The maximum atomic E-state index is 13.5. The monoisotopic (exact) mass is 477 g/mol. The van der Waals surface area contributed by atoms with E-state index >= 15 is 0 Å². The molecule has 1 heterocycles. The van der Waals surface area contributed by atoms with Crippen molar-refractivity contribution in [2.45, 2.75) is 63.8 Å². The number of Topliss-reactive ketones (excluding diaryl/α,β-unsaturated/α-hetero) is 1. The summed E-state index contributed by atoms with van der Waals surface area (Å²) < 4.78 is 13.3. The lowest BCUT2D eigenvalue weighted by Gasteiger charge is -2.60. The van der Waals surface area contributed by atoms with Crippen molar-refractivity contribution in [2.24, 2.45) is 34.8 Å². The second kappa shape index (κ2) is 9.12. The fourth-order valence-electron chi connectivity index (χ4n) is 7.47. The summed E-state index contributed by atoms with van der Waals surface area (Å²) in [6, 6.07) is 9.71. The lowest BCUT2D eigenvalue weighted by Crippen LogP contribution is -2.61. The lowest BCUT2D eigenvalue weighted by atomic mass is 9.44. The van der Waals surface area contributed by atoms with Gasteiger partial charge in [-0.3, -0.25) is 14.6 Å². The van der Waals surface area contributed by atoms with Gasteiger partial charge in [0.1, 0.15) is 11.6 Å². The van der Waals surface area contributed by atoms with Crippen LogP contribution in [0.2, 0.25) is 0 Å². The topological polar surface area (TPSA) is 85.1 Å². The van der Waals surface area contributed by atoms with Crippen LogP contribution in [0.4, 0.5) is 4.39 Å². The van der Waals surface area contributed by atoms with Crippen LogP contribution in [0.1, 0.15) is 57.1 Å². The van der Waals surface area contributed by atoms with Crippen LogP contribution in [0.25, 0.3) is 0 Å². The second-order valence-electron chi connectivity index (χ2n) is 11.9. The van der Waals surface area contributed by atoms with Gasteiger partial charge in [0.15, 0.2) is 0 Å². The Hall–Kier alpha value is -2.60. The highest BCUT2D eigenvalue weighted by Gasteiger charge is 2.59. The summed E-state index contributed by atoms with van der Waals surface area (Å²) in [7, 11) is 0. The Bertz CT molecular complexity index is 1070. The first-order valence-electron chi connectivity index (χ1n) is 12.9. The highest BCUT2D eigenvalue weighted by molar-refractivity contribution is 5.87. The SMILES string of the molecule is CC(C)(CNC(=O)C(N)C1C2CC3CC1CC(C(=O)Cc1ccncc1)(C3)C2)c1ccc(F)cc1. The maximum absolute atomic E-state index is 13.5. The molecule has 2 aromatic rings. The van der Waals surface area contributed by atoms with Gasteiger partial charge in [-0.1, -0.05) is 26.0 Å². The summed E-state index contributed by atoms with van der Waals surface area (Å²) in [6.07, 6.45) is 8.81. The van der Waals surface area contributed by atoms with Crippen molar-refractivity contribution in [1.29, 1.82) is 0 Å². The molecule has 4 fully saturated rings. The molecule has 4 bridgehead atoms. The van der Waals surface area contributed by atoms with Crippen LogP contribution >= 0.6 is 0 Å². The molecule has 0 aliphatic heterocycles. The minimum Gasteiger partial charge on any atom is -0.354 e. The largest absolute Gasteiger partial charge is 0.354 e.